The summed E-state index contributed by atoms with van der Waals surface area (Å²) in [5.41, 5.74) is 4.71. The summed E-state index contributed by atoms with van der Waals surface area (Å²) >= 11 is 0. The number of para-hydroxylation sites is 1. The van der Waals surface area contributed by atoms with Gasteiger partial charge in [-0.3, -0.25) is 14.9 Å². The van der Waals surface area contributed by atoms with Crippen LogP contribution >= 0.6 is 0 Å². The van der Waals surface area contributed by atoms with Crippen LogP contribution in [0.25, 0.3) is 27.5 Å². The number of nitrogens with zero attached hydrogens (tertiary/aromatic N) is 2. The summed E-state index contributed by atoms with van der Waals surface area (Å²) in [6.45, 7) is 4.03. The summed E-state index contributed by atoms with van der Waals surface area (Å²) in [4.78, 5) is 17.1. The van der Waals surface area contributed by atoms with E-state index in [2.05, 4.69) is 16.1 Å². The molecule has 22 heavy (non-hydrogen) atoms. The van der Waals surface area contributed by atoms with Gasteiger partial charge in [0, 0.05) is 11.6 Å². The van der Waals surface area contributed by atoms with Gasteiger partial charge in [-0.1, -0.05) is 29.8 Å². The molecule has 108 valence electrons. The van der Waals surface area contributed by atoms with Crippen molar-refractivity contribution < 1.29 is 0 Å². The van der Waals surface area contributed by atoms with Crippen molar-refractivity contribution in [2.75, 3.05) is 0 Å². The summed E-state index contributed by atoms with van der Waals surface area (Å²) in [7, 11) is 0. The summed E-state index contributed by atoms with van der Waals surface area (Å²) in [6, 6.07) is 13.9. The number of nitrogens with one attached hydrogen (secondary N) is 1. The lowest BCUT2D eigenvalue weighted by atomic mass is 10.1. The molecule has 0 spiro atoms. The first-order valence-corrected chi connectivity index (χ1v) is 7.21. The molecule has 0 aliphatic heterocycles. The Balaban J connectivity index is 2.13. The van der Waals surface area contributed by atoms with Gasteiger partial charge in [0.15, 0.2) is 0 Å². The van der Waals surface area contributed by atoms with Crippen molar-refractivity contribution in [3.8, 4) is 5.69 Å². The van der Waals surface area contributed by atoms with Crippen LogP contribution in [-0.4, -0.2) is 14.8 Å². The maximum atomic E-state index is 12.7. The second-order valence-electron chi connectivity index (χ2n) is 5.61. The number of H-pyrrole nitrogens is 1. The van der Waals surface area contributed by atoms with Gasteiger partial charge in [0.1, 0.15) is 0 Å². The van der Waals surface area contributed by atoms with Crippen molar-refractivity contribution in [1.29, 1.82) is 0 Å². The van der Waals surface area contributed by atoms with E-state index in [0.29, 0.717) is 5.39 Å². The maximum absolute atomic E-state index is 12.7. The molecule has 4 aromatic rings. The van der Waals surface area contributed by atoms with Crippen molar-refractivity contribution in [3.05, 3.63) is 70.1 Å². The van der Waals surface area contributed by atoms with Gasteiger partial charge in [-0.2, -0.15) is 0 Å². The molecule has 0 amide bonds. The van der Waals surface area contributed by atoms with Crippen LogP contribution < -0.4 is 5.56 Å². The van der Waals surface area contributed by atoms with E-state index in [9.17, 15) is 4.79 Å². The van der Waals surface area contributed by atoms with Crippen LogP contribution in [0.3, 0.4) is 0 Å². The second kappa shape index (κ2) is 4.56. The summed E-state index contributed by atoms with van der Waals surface area (Å²) in [5.74, 6) is 0. The van der Waals surface area contributed by atoms with Crippen LogP contribution in [0.5, 0.6) is 0 Å². The monoisotopic (exact) mass is 289 g/mol. The molecule has 4 rings (SSSR count). The molecule has 0 bridgehead atoms. The molecule has 4 heteroatoms. The van der Waals surface area contributed by atoms with E-state index < -0.39 is 0 Å². The van der Waals surface area contributed by atoms with Gasteiger partial charge >= 0.3 is 0 Å². The van der Waals surface area contributed by atoms with E-state index in [1.54, 1.807) is 10.9 Å². The molecule has 4 nitrogen and oxygen atoms in total. The molecule has 0 aliphatic rings. The van der Waals surface area contributed by atoms with Gasteiger partial charge in [-0.05, 0) is 37.6 Å². The molecule has 0 saturated carbocycles. The lowest BCUT2D eigenvalue weighted by Gasteiger charge is -2.04. The molecule has 0 aliphatic carbocycles. The van der Waals surface area contributed by atoms with E-state index in [1.165, 1.54) is 0 Å². The highest BCUT2D eigenvalue weighted by atomic mass is 16.1. The summed E-state index contributed by atoms with van der Waals surface area (Å²) in [6.07, 6.45) is 1.65. The SMILES string of the molecule is Cc1ccc2ncc3c(=O)n(-c4ccccc4C)[nH]c3c2c1. The van der Waals surface area contributed by atoms with Crippen molar-refractivity contribution in [1.82, 2.24) is 14.8 Å². The highest BCUT2D eigenvalue weighted by Gasteiger charge is 2.12. The highest BCUT2D eigenvalue weighted by molar-refractivity contribution is 6.03. The fraction of sp³-hybridized carbons (Fsp3) is 0.111. The minimum Gasteiger partial charge on any atom is -0.290 e. The predicted molar refractivity (Wildman–Crippen MR) is 88.7 cm³/mol. The van der Waals surface area contributed by atoms with Crippen LogP contribution in [0.4, 0.5) is 0 Å². The van der Waals surface area contributed by atoms with Gasteiger partial charge in [0.2, 0.25) is 0 Å². The number of pyridine rings is 1. The molecule has 2 aromatic heterocycles. The average molecular weight is 289 g/mol. The number of hydrogen-bond donors (Lipinski definition) is 1. The molecule has 0 saturated heterocycles. The Hall–Kier alpha value is -2.88. The Morgan fingerprint density at radius 1 is 1.05 bits per heavy atom. The number of aromatic nitrogens is 3. The maximum Gasteiger partial charge on any atom is 0.280 e. The molecular formula is C18H15N3O. The third-order valence-electron chi connectivity index (χ3n) is 4.04. The van der Waals surface area contributed by atoms with E-state index in [0.717, 1.165) is 33.2 Å². The summed E-state index contributed by atoms with van der Waals surface area (Å²) in [5, 5.41) is 4.84. The lowest BCUT2D eigenvalue weighted by molar-refractivity contribution is 0.857. The van der Waals surface area contributed by atoms with Gasteiger partial charge in [-0.25, -0.2) is 4.68 Å². The molecule has 2 heterocycles. The number of aromatic amines is 1. The first-order chi connectivity index (χ1) is 10.6. The molecule has 2 aromatic carbocycles. The van der Waals surface area contributed by atoms with Gasteiger partial charge < -0.3 is 0 Å². The molecular weight excluding hydrogens is 274 g/mol. The molecule has 1 N–H and O–H groups in total. The zero-order valence-electron chi connectivity index (χ0n) is 12.4. The molecule has 0 atom stereocenters. The molecule has 0 fully saturated rings. The van der Waals surface area contributed by atoms with Crippen molar-refractivity contribution in [3.63, 3.8) is 0 Å². The lowest BCUT2D eigenvalue weighted by Crippen LogP contribution is -2.15. The quantitative estimate of drug-likeness (QED) is 0.583. The van der Waals surface area contributed by atoms with Crippen LogP contribution in [0.1, 0.15) is 11.1 Å². The van der Waals surface area contributed by atoms with E-state index in [1.807, 2.05) is 50.2 Å². The summed E-state index contributed by atoms with van der Waals surface area (Å²) < 4.78 is 1.60. The topological polar surface area (TPSA) is 50.7 Å². The minimum absolute atomic E-state index is 0.0693. The Labute approximate surface area is 127 Å². The number of hydrogen-bond acceptors (Lipinski definition) is 2. The number of benzene rings is 2. The third-order valence-corrected chi connectivity index (χ3v) is 4.04. The van der Waals surface area contributed by atoms with E-state index in [4.69, 9.17) is 0 Å². The van der Waals surface area contributed by atoms with Crippen LogP contribution in [0.15, 0.2) is 53.5 Å². The smallest absolute Gasteiger partial charge is 0.280 e. The highest BCUT2D eigenvalue weighted by Crippen LogP contribution is 2.22. The van der Waals surface area contributed by atoms with Crippen molar-refractivity contribution in [2.45, 2.75) is 13.8 Å². The largest absolute Gasteiger partial charge is 0.290 e. The second-order valence-corrected chi connectivity index (χ2v) is 5.61. The number of aryl methyl sites for hydroxylation is 2. The standard InChI is InChI=1S/C18H15N3O/c1-11-7-8-15-13(9-11)17-14(10-19-15)18(22)21(20-17)16-6-4-3-5-12(16)2/h3-10,20H,1-2H3. The first-order valence-electron chi connectivity index (χ1n) is 7.21. The van der Waals surface area contributed by atoms with E-state index >= 15 is 0 Å². The van der Waals surface area contributed by atoms with Gasteiger partial charge in [0.25, 0.3) is 5.56 Å². The first kappa shape index (κ1) is 12.8. The van der Waals surface area contributed by atoms with Crippen LogP contribution in [0.2, 0.25) is 0 Å². The zero-order chi connectivity index (χ0) is 15.3. The minimum atomic E-state index is -0.0693. The van der Waals surface area contributed by atoms with E-state index in [-0.39, 0.29) is 5.56 Å². The zero-order valence-corrected chi connectivity index (χ0v) is 12.4. The van der Waals surface area contributed by atoms with Gasteiger partial charge in [-0.15, -0.1) is 0 Å². The van der Waals surface area contributed by atoms with Crippen molar-refractivity contribution >= 4 is 21.8 Å². The van der Waals surface area contributed by atoms with Crippen molar-refractivity contribution in [2.24, 2.45) is 0 Å². The predicted octanol–water partition coefficient (Wildman–Crippen LogP) is 3.48. The molecule has 0 radical (unpaired) electrons. The number of rotatable bonds is 1. The Kier molecular flexibility index (Phi) is 2.66. The van der Waals surface area contributed by atoms with Crippen LogP contribution in [0, 0.1) is 13.8 Å². The Morgan fingerprint density at radius 3 is 2.68 bits per heavy atom. The fourth-order valence-electron chi connectivity index (χ4n) is 2.86. The normalized spacial score (nSPS) is 11.4. The third kappa shape index (κ3) is 1.77. The Morgan fingerprint density at radius 2 is 1.86 bits per heavy atom. The Bertz CT molecular complexity index is 1070. The molecule has 0 unspecified atom stereocenters. The number of fused-ring (bicyclic) bond motifs is 3. The van der Waals surface area contributed by atoms with Gasteiger partial charge in [0.05, 0.1) is 22.1 Å². The van der Waals surface area contributed by atoms with Crippen LogP contribution in [-0.2, 0) is 0 Å². The fourth-order valence-corrected chi connectivity index (χ4v) is 2.86. The average Bonchev–Trinajstić information content (AvgIpc) is 2.85.